The fourth-order valence-corrected chi connectivity index (χ4v) is 3.62. The second kappa shape index (κ2) is 11.9. The maximum Gasteiger partial charge on any atom is 1.00 e. The van der Waals surface area contributed by atoms with Crippen molar-refractivity contribution >= 4 is 17.6 Å². The van der Waals surface area contributed by atoms with Gasteiger partial charge in [0.25, 0.3) is 0 Å². The molecule has 1 aliphatic rings. The van der Waals surface area contributed by atoms with Gasteiger partial charge in [0.05, 0.1) is 12.6 Å². The van der Waals surface area contributed by atoms with Gasteiger partial charge in [-0.25, -0.2) is 4.79 Å². The van der Waals surface area contributed by atoms with E-state index in [9.17, 15) is 4.79 Å². The number of rotatable bonds is 8. The molecule has 28 heavy (non-hydrogen) atoms. The van der Waals surface area contributed by atoms with E-state index in [2.05, 4.69) is 46.2 Å². The third-order valence-corrected chi connectivity index (χ3v) is 5.10. The molecule has 1 atom stereocenters. The van der Waals surface area contributed by atoms with E-state index in [-0.39, 0.29) is 42.2 Å². The van der Waals surface area contributed by atoms with Crippen LogP contribution in [-0.2, 0) is 9.53 Å². The number of hydrogen-bond donors (Lipinski definition) is 1. The summed E-state index contributed by atoms with van der Waals surface area (Å²) in [6.07, 6.45) is 0. The molecular formula is C21H25ClN2NaO3+. The van der Waals surface area contributed by atoms with Crippen molar-refractivity contribution in [2.75, 3.05) is 45.9 Å². The number of aliphatic carboxylic acids is 1. The average molecular weight is 412 g/mol. The summed E-state index contributed by atoms with van der Waals surface area (Å²) >= 11 is 6.08. The molecule has 2 aromatic rings. The Hall–Kier alpha value is -0.920. The molecule has 0 aliphatic carbocycles. The standard InChI is InChI=1S/C21H25ClN2O3.Na/c22-19-8-6-18(7-9-19)21(17-4-2-1-3-5-17)24-12-10-23(11-13-24)14-15-27-16-20(25)26;/h1-9,21H,10-16H2,(H,25,26);/q;+1. The molecule has 144 valence electrons. The smallest absolute Gasteiger partial charge is 0.480 e. The minimum absolute atomic E-state index is 0. The first kappa shape index (κ1) is 23.4. The van der Waals surface area contributed by atoms with Crippen molar-refractivity contribution in [1.29, 1.82) is 0 Å². The van der Waals surface area contributed by atoms with Crippen LogP contribution in [0.4, 0.5) is 0 Å². The fraction of sp³-hybridized carbons (Fsp3) is 0.381. The van der Waals surface area contributed by atoms with Crippen molar-refractivity contribution in [2.24, 2.45) is 0 Å². The van der Waals surface area contributed by atoms with Crippen molar-refractivity contribution in [2.45, 2.75) is 6.04 Å². The summed E-state index contributed by atoms with van der Waals surface area (Å²) in [7, 11) is 0. The molecule has 0 aromatic heterocycles. The Morgan fingerprint density at radius 3 is 2.21 bits per heavy atom. The Morgan fingerprint density at radius 2 is 1.61 bits per heavy atom. The van der Waals surface area contributed by atoms with Crippen LogP contribution in [0.25, 0.3) is 0 Å². The zero-order valence-corrected chi connectivity index (χ0v) is 19.0. The third kappa shape index (κ3) is 6.85. The van der Waals surface area contributed by atoms with E-state index in [4.69, 9.17) is 21.4 Å². The van der Waals surface area contributed by atoms with Crippen molar-refractivity contribution in [3.05, 3.63) is 70.7 Å². The van der Waals surface area contributed by atoms with Gasteiger partial charge in [-0.05, 0) is 23.3 Å². The Labute approximate surface area is 193 Å². The molecule has 1 N–H and O–H groups in total. The molecule has 3 rings (SSSR count). The van der Waals surface area contributed by atoms with E-state index in [1.54, 1.807) is 0 Å². The maximum absolute atomic E-state index is 10.5. The Kier molecular flexibility index (Phi) is 9.95. The maximum atomic E-state index is 10.5. The molecule has 0 bridgehead atoms. The monoisotopic (exact) mass is 411 g/mol. The number of nitrogens with zero attached hydrogens (tertiary/aromatic N) is 2. The second-order valence-electron chi connectivity index (χ2n) is 6.69. The summed E-state index contributed by atoms with van der Waals surface area (Å²) in [6, 6.07) is 18.8. The van der Waals surface area contributed by atoms with E-state index in [0.29, 0.717) is 6.61 Å². The number of hydrogen-bond acceptors (Lipinski definition) is 4. The van der Waals surface area contributed by atoms with E-state index in [1.807, 2.05) is 18.2 Å². The van der Waals surface area contributed by atoms with Crippen molar-refractivity contribution in [3.63, 3.8) is 0 Å². The van der Waals surface area contributed by atoms with Gasteiger partial charge in [0.2, 0.25) is 0 Å². The normalized spacial score (nSPS) is 16.3. The van der Waals surface area contributed by atoms with Gasteiger partial charge < -0.3 is 9.84 Å². The van der Waals surface area contributed by atoms with Crippen LogP contribution in [0.15, 0.2) is 54.6 Å². The van der Waals surface area contributed by atoms with Gasteiger partial charge in [-0.2, -0.15) is 0 Å². The van der Waals surface area contributed by atoms with E-state index in [1.165, 1.54) is 11.1 Å². The van der Waals surface area contributed by atoms with Gasteiger partial charge in [0, 0.05) is 37.7 Å². The SMILES string of the molecule is O=C(O)COCCN1CCN(C(c2ccccc2)c2ccc(Cl)cc2)CC1.[Na+]. The molecule has 7 heteroatoms. The first-order valence-electron chi connectivity index (χ1n) is 9.20. The van der Waals surface area contributed by atoms with Crippen LogP contribution in [0.5, 0.6) is 0 Å². The molecule has 0 radical (unpaired) electrons. The van der Waals surface area contributed by atoms with Crippen LogP contribution in [0, 0.1) is 0 Å². The molecule has 2 aromatic carbocycles. The van der Waals surface area contributed by atoms with Crippen LogP contribution < -0.4 is 29.6 Å². The Balaban J connectivity index is 0.00000280. The van der Waals surface area contributed by atoms with Crippen molar-refractivity contribution < 1.29 is 44.2 Å². The summed E-state index contributed by atoms with van der Waals surface area (Å²) in [5.74, 6) is -0.923. The average Bonchev–Trinajstić information content (AvgIpc) is 2.69. The van der Waals surface area contributed by atoms with Crippen LogP contribution >= 0.6 is 11.6 Å². The van der Waals surface area contributed by atoms with Crippen molar-refractivity contribution in [1.82, 2.24) is 9.80 Å². The van der Waals surface area contributed by atoms with E-state index >= 15 is 0 Å². The van der Waals surface area contributed by atoms with Crippen LogP contribution in [0.3, 0.4) is 0 Å². The number of halogens is 1. The van der Waals surface area contributed by atoms with Gasteiger partial charge in [0.1, 0.15) is 6.61 Å². The molecule has 1 heterocycles. The third-order valence-electron chi connectivity index (χ3n) is 4.85. The Bertz CT molecular complexity index is 722. The summed E-state index contributed by atoms with van der Waals surface area (Å²) in [5, 5.41) is 9.37. The Morgan fingerprint density at radius 1 is 1.00 bits per heavy atom. The molecule has 0 amide bonds. The molecule has 1 aliphatic heterocycles. The number of carboxylic acids is 1. The summed E-state index contributed by atoms with van der Waals surface area (Å²) in [5.41, 5.74) is 2.52. The van der Waals surface area contributed by atoms with Gasteiger partial charge in [-0.15, -0.1) is 0 Å². The van der Waals surface area contributed by atoms with Crippen molar-refractivity contribution in [3.8, 4) is 0 Å². The number of carboxylic acid groups (broad SMARTS) is 1. The molecule has 1 saturated heterocycles. The predicted octanol–water partition coefficient (Wildman–Crippen LogP) is 0.152. The van der Waals surface area contributed by atoms with Gasteiger partial charge in [-0.3, -0.25) is 9.80 Å². The number of piperazine rings is 1. The summed E-state index contributed by atoms with van der Waals surface area (Å²) < 4.78 is 5.15. The zero-order valence-electron chi connectivity index (χ0n) is 16.3. The minimum Gasteiger partial charge on any atom is -0.480 e. The molecule has 1 fully saturated rings. The number of carbonyl (C=O) groups is 1. The predicted molar refractivity (Wildman–Crippen MR) is 106 cm³/mol. The van der Waals surface area contributed by atoms with Gasteiger partial charge >= 0.3 is 35.5 Å². The molecule has 0 saturated carbocycles. The second-order valence-corrected chi connectivity index (χ2v) is 7.13. The van der Waals surface area contributed by atoms with E-state index in [0.717, 1.165) is 37.7 Å². The van der Waals surface area contributed by atoms with Crippen LogP contribution in [0.2, 0.25) is 5.02 Å². The zero-order chi connectivity index (χ0) is 19.1. The first-order chi connectivity index (χ1) is 13.1. The largest absolute Gasteiger partial charge is 1.00 e. The van der Waals surface area contributed by atoms with Gasteiger partial charge in [0.15, 0.2) is 0 Å². The number of ether oxygens (including phenoxy) is 1. The van der Waals surface area contributed by atoms with Crippen LogP contribution in [0.1, 0.15) is 17.2 Å². The summed E-state index contributed by atoms with van der Waals surface area (Å²) in [4.78, 5) is 15.3. The molecule has 5 nitrogen and oxygen atoms in total. The summed E-state index contributed by atoms with van der Waals surface area (Å²) in [6.45, 7) is 4.75. The first-order valence-corrected chi connectivity index (χ1v) is 9.57. The minimum atomic E-state index is -0.923. The molecule has 1 unspecified atom stereocenters. The fourth-order valence-electron chi connectivity index (χ4n) is 3.49. The quantitative estimate of drug-likeness (QED) is 0.495. The van der Waals surface area contributed by atoms with E-state index < -0.39 is 5.97 Å². The number of benzene rings is 2. The molecule has 0 spiro atoms. The topological polar surface area (TPSA) is 53.0 Å². The molecular weight excluding hydrogens is 387 g/mol. The van der Waals surface area contributed by atoms with Gasteiger partial charge in [-0.1, -0.05) is 54.1 Å². The van der Waals surface area contributed by atoms with Crippen LogP contribution in [-0.4, -0.2) is 66.8 Å².